The number of ether oxygens (including phenoxy) is 1. The molecule has 1 atom stereocenters. The van der Waals surface area contributed by atoms with Gasteiger partial charge in [0.2, 0.25) is 10.0 Å². The zero-order valence-corrected chi connectivity index (χ0v) is 14.6. The third-order valence-electron chi connectivity index (χ3n) is 4.15. The molecule has 3 heterocycles. The minimum atomic E-state index is -3.65. The van der Waals surface area contributed by atoms with Gasteiger partial charge in [-0.1, -0.05) is 0 Å². The van der Waals surface area contributed by atoms with E-state index in [1.807, 2.05) is 12.1 Å². The lowest BCUT2D eigenvalue weighted by Crippen LogP contribution is -2.43. The number of nitrogens with one attached hydrogen (secondary N) is 2. The SMILES string of the molecule is Cc1n[nH]c(C)c1S(=O)(=O)NCC(c1ccco1)N1CCOCC1. The van der Waals surface area contributed by atoms with Gasteiger partial charge in [-0.05, 0) is 26.0 Å². The minimum Gasteiger partial charge on any atom is -0.468 e. The van der Waals surface area contributed by atoms with E-state index < -0.39 is 10.0 Å². The molecule has 132 valence electrons. The molecule has 2 N–H and O–H groups in total. The number of sulfonamides is 1. The molecule has 0 bridgehead atoms. The minimum absolute atomic E-state index is 0.175. The van der Waals surface area contributed by atoms with Gasteiger partial charge in [0.1, 0.15) is 10.7 Å². The molecule has 9 heteroatoms. The van der Waals surface area contributed by atoms with Gasteiger partial charge in [-0.25, -0.2) is 13.1 Å². The summed E-state index contributed by atoms with van der Waals surface area (Å²) in [6.07, 6.45) is 1.60. The van der Waals surface area contributed by atoms with Crippen molar-refractivity contribution in [2.75, 3.05) is 32.8 Å². The summed E-state index contributed by atoms with van der Waals surface area (Å²) in [6, 6.07) is 3.50. The van der Waals surface area contributed by atoms with Crippen LogP contribution in [-0.4, -0.2) is 56.4 Å². The van der Waals surface area contributed by atoms with Crippen LogP contribution in [0.1, 0.15) is 23.2 Å². The molecular formula is C15H22N4O4S. The maximum absolute atomic E-state index is 12.6. The number of H-pyrrole nitrogens is 1. The zero-order chi connectivity index (χ0) is 17.2. The first-order valence-corrected chi connectivity index (χ1v) is 9.34. The van der Waals surface area contributed by atoms with E-state index in [0.29, 0.717) is 24.6 Å². The predicted octanol–water partition coefficient (Wildman–Crippen LogP) is 0.971. The summed E-state index contributed by atoms with van der Waals surface area (Å²) >= 11 is 0. The molecule has 24 heavy (non-hydrogen) atoms. The molecule has 0 spiro atoms. The van der Waals surface area contributed by atoms with Crippen molar-refractivity contribution in [2.45, 2.75) is 24.8 Å². The normalized spacial score (nSPS) is 17.9. The van der Waals surface area contributed by atoms with Crippen LogP contribution in [0.2, 0.25) is 0 Å². The van der Waals surface area contributed by atoms with Crippen molar-refractivity contribution < 1.29 is 17.6 Å². The van der Waals surface area contributed by atoms with Crippen LogP contribution in [0.4, 0.5) is 0 Å². The molecule has 0 aliphatic carbocycles. The lowest BCUT2D eigenvalue weighted by atomic mass is 10.2. The van der Waals surface area contributed by atoms with Crippen molar-refractivity contribution in [3.05, 3.63) is 35.5 Å². The Morgan fingerprint density at radius 1 is 1.38 bits per heavy atom. The molecule has 8 nitrogen and oxygen atoms in total. The fourth-order valence-electron chi connectivity index (χ4n) is 2.98. The Morgan fingerprint density at radius 3 is 2.71 bits per heavy atom. The second-order valence-corrected chi connectivity index (χ2v) is 7.50. The summed E-state index contributed by atoms with van der Waals surface area (Å²) in [6.45, 7) is 6.31. The van der Waals surface area contributed by atoms with E-state index in [0.717, 1.165) is 18.8 Å². The number of morpholine rings is 1. The van der Waals surface area contributed by atoms with Gasteiger partial charge in [-0.3, -0.25) is 10.00 Å². The van der Waals surface area contributed by atoms with E-state index in [-0.39, 0.29) is 17.5 Å². The Bertz CT molecular complexity index is 744. The fraction of sp³-hybridized carbons (Fsp3) is 0.533. The molecule has 0 saturated carbocycles. The fourth-order valence-corrected chi connectivity index (χ4v) is 4.38. The summed E-state index contributed by atoms with van der Waals surface area (Å²) in [5.41, 5.74) is 0.988. The van der Waals surface area contributed by atoms with Crippen molar-refractivity contribution in [3.8, 4) is 0 Å². The highest BCUT2D eigenvalue weighted by Crippen LogP contribution is 2.23. The highest BCUT2D eigenvalue weighted by molar-refractivity contribution is 7.89. The molecule has 3 rings (SSSR count). The second kappa shape index (κ2) is 7.06. The van der Waals surface area contributed by atoms with E-state index in [9.17, 15) is 8.42 Å². The molecule has 1 aliphatic rings. The zero-order valence-electron chi connectivity index (χ0n) is 13.8. The Balaban J connectivity index is 1.78. The highest BCUT2D eigenvalue weighted by Gasteiger charge is 2.28. The maximum Gasteiger partial charge on any atom is 0.244 e. The largest absolute Gasteiger partial charge is 0.468 e. The molecule has 0 aromatic carbocycles. The van der Waals surface area contributed by atoms with E-state index >= 15 is 0 Å². The maximum atomic E-state index is 12.6. The number of aryl methyl sites for hydroxylation is 2. The first-order chi connectivity index (χ1) is 11.5. The number of nitrogens with zero attached hydrogens (tertiary/aromatic N) is 2. The van der Waals surface area contributed by atoms with Gasteiger partial charge < -0.3 is 9.15 Å². The van der Waals surface area contributed by atoms with Crippen molar-refractivity contribution in [2.24, 2.45) is 0 Å². The number of rotatable bonds is 6. The van der Waals surface area contributed by atoms with Gasteiger partial charge in [0.25, 0.3) is 0 Å². The Labute approximate surface area is 141 Å². The lowest BCUT2D eigenvalue weighted by Gasteiger charge is -2.33. The van der Waals surface area contributed by atoms with Crippen LogP contribution < -0.4 is 4.72 Å². The molecule has 1 aliphatic heterocycles. The van der Waals surface area contributed by atoms with Crippen molar-refractivity contribution in [3.63, 3.8) is 0 Å². The van der Waals surface area contributed by atoms with Gasteiger partial charge in [-0.15, -0.1) is 0 Å². The van der Waals surface area contributed by atoms with Crippen LogP contribution in [0.15, 0.2) is 27.7 Å². The molecular weight excluding hydrogens is 332 g/mol. The summed E-state index contributed by atoms with van der Waals surface area (Å²) in [4.78, 5) is 2.38. The van der Waals surface area contributed by atoms with Crippen molar-refractivity contribution >= 4 is 10.0 Å². The number of hydrogen-bond donors (Lipinski definition) is 2. The number of aromatic nitrogens is 2. The third kappa shape index (κ3) is 3.54. The molecule has 2 aromatic heterocycles. The van der Waals surface area contributed by atoms with Gasteiger partial charge in [0.15, 0.2) is 0 Å². The summed E-state index contributed by atoms with van der Waals surface area (Å²) in [7, 11) is -3.65. The molecule has 1 unspecified atom stereocenters. The van der Waals surface area contributed by atoms with Crippen LogP contribution in [0.5, 0.6) is 0 Å². The van der Waals surface area contributed by atoms with Crippen LogP contribution in [0.3, 0.4) is 0 Å². The van der Waals surface area contributed by atoms with E-state index in [2.05, 4.69) is 19.8 Å². The van der Waals surface area contributed by atoms with Gasteiger partial charge >= 0.3 is 0 Å². The standard InChI is InChI=1S/C15H22N4O4S/c1-11-15(12(2)18-17-11)24(20,21)16-10-13(14-4-3-7-23-14)19-5-8-22-9-6-19/h3-4,7,13,16H,5-6,8-10H2,1-2H3,(H,17,18). The summed E-state index contributed by atoms with van der Waals surface area (Å²) < 4.78 is 38.9. The summed E-state index contributed by atoms with van der Waals surface area (Å²) in [5.74, 6) is 0.736. The molecule has 1 saturated heterocycles. The number of hydrogen-bond acceptors (Lipinski definition) is 6. The van der Waals surface area contributed by atoms with Gasteiger partial charge in [0, 0.05) is 19.6 Å². The van der Waals surface area contributed by atoms with Crippen molar-refractivity contribution in [1.29, 1.82) is 0 Å². The van der Waals surface area contributed by atoms with Crippen LogP contribution >= 0.6 is 0 Å². The van der Waals surface area contributed by atoms with Gasteiger partial charge in [-0.2, -0.15) is 5.10 Å². The molecule has 0 amide bonds. The predicted molar refractivity (Wildman–Crippen MR) is 87.1 cm³/mol. The first-order valence-electron chi connectivity index (χ1n) is 7.85. The van der Waals surface area contributed by atoms with E-state index in [1.54, 1.807) is 20.1 Å². The monoisotopic (exact) mass is 354 g/mol. The Morgan fingerprint density at radius 2 is 2.12 bits per heavy atom. The third-order valence-corrected chi connectivity index (χ3v) is 5.84. The van der Waals surface area contributed by atoms with Crippen LogP contribution in [0.25, 0.3) is 0 Å². The molecule has 2 aromatic rings. The van der Waals surface area contributed by atoms with Gasteiger partial charge in [0.05, 0.1) is 36.9 Å². The average molecular weight is 354 g/mol. The quantitative estimate of drug-likeness (QED) is 0.802. The van der Waals surface area contributed by atoms with E-state index in [1.165, 1.54) is 0 Å². The molecule has 0 radical (unpaired) electrons. The Kier molecular flexibility index (Phi) is 5.04. The highest BCUT2D eigenvalue weighted by atomic mass is 32.2. The van der Waals surface area contributed by atoms with Crippen LogP contribution in [0, 0.1) is 13.8 Å². The number of aromatic amines is 1. The second-order valence-electron chi connectivity index (χ2n) is 5.79. The smallest absolute Gasteiger partial charge is 0.244 e. The first kappa shape index (κ1) is 17.2. The summed E-state index contributed by atoms with van der Waals surface area (Å²) in [5, 5.41) is 6.67. The average Bonchev–Trinajstić information content (AvgIpc) is 3.19. The Hall–Kier alpha value is -1.68. The topological polar surface area (TPSA) is 100 Å². The van der Waals surface area contributed by atoms with Crippen molar-refractivity contribution in [1.82, 2.24) is 19.8 Å². The lowest BCUT2D eigenvalue weighted by molar-refractivity contribution is 0.0128. The van der Waals surface area contributed by atoms with Crippen LogP contribution in [-0.2, 0) is 14.8 Å². The van der Waals surface area contributed by atoms with E-state index in [4.69, 9.17) is 9.15 Å². The number of furan rings is 1. The molecule has 1 fully saturated rings.